The zero-order chi connectivity index (χ0) is 24.3. The van der Waals surface area contributed by atoms with Crippen LogP contribution >= 0.6 is 0 Å². The Kier molecular flexibility index (Phi) is 6.26. The van der Waals surface area contributed by atoms with Crippen molar-refractivity contribution in [3.63, 3.8) is 0 Å². The highest BCUT2D eigenvalue weighted by molar-refractivity contribution is 6.04. The van der Waals surface area contributed by atoms with Crippen molar-refractivity contribution in [1.29, 1.82) is 0 Å². The molecular formula is C23H19F3N6O2. The molecule has 11 heteroatoms. The van der Waals surface area contributed by atoms with Crippen LogP contribution in [0.3, 0.4) is 0 Å². The van der Waals surface area contributed by atoms with Crippen molar-refractivity contribution in [2.24, 2.45) is 0 Å². The van der Waals surface area contributed by atoms with Crippen molar-refractivity contribution in [2.75, 3.05) is 5.32 Å². The number of alkyl halides is 3. The van der Waals surface area contributed by atoms with Crippen LogP contribution < -0.4 is 10.1 Å². The number of benzene rings is 1. The molecule has 174 valence electrons. The molecule has 3 heterocycles. The minimum atomic E-state index is -4.49. The molecule has 0 atom stereocenters. The summed E-state index contributed by atoms with van der Waals surface area (Å²) in [5, 5.41) is 10.8. The molecule has 1 amide bonds. The third-order valence-electron chi connectivity index (χ3n) is 4.73. The number of rotatable bonds is 6. The number of aromatic nitrogens is 5. The molecule has 0 aliphatic carbocycles. The molecule has 0 aliphatic rings. The molecule has 0 fully saturated rings. The van der Waals surface area contributed by atoms with E-state index in [1.54, 1.807) is 42.7 Å². The van der Waals surface area contributed by atoms with Crippen LogP contribution in [0.5, 0.6) is 11.6 Å². The Bertz CT molecular complexity index is 1300. The molecule has 4 rings (SSSR count). The summed E-state index contributed by atoms with van der Waals surface area (Å²) in [6.07, 6.45) is -2.19. The normalized spacial score (nSPS) is 11.5. The molecule has 1 aromatic carbocycles. The van der Waals surface area contributed by atoms with Crippen LogP contribution in [0.25, 0.3) is 11.5 Å². The Morgan fingerprint density at radius 3 is 2.59 bits per heavy atom. The van der Waals surface area contributed by atoms with E-state index in [-0.39, 0.29) is 23.2 Å². The molecule has 0 aliphatic heterocycles. The summed E-state index contributed by atoms with van der Waals surface area (Å²) in [4.78, 5) is 20.9. The lowest BCUT2D eigenvalue weighted by atomic mass is 10.2. The predicted octanol–water partition coefficient (Wildman–Crippen LogP) is 5.38. The number of carbonyl (C=O) groups is 1. The van der Waals surface area contributed by atoms with Gasteiger partial charge in [0.1, 0.15) is 23.6 Å². The van der Waals surface area contributed by atoms with Gasteiger partial charge in [0.05, 0.1) is 5.56 Å². The molecule has 8 nitrogen and oxygen atoms in total. The summed E-state index contributed by atoms with van der Waals surface area (Å²) in [6.45, 7) is 3.99. The van der Waals surface area contributed by atoms with Gasteiger partial charge in [-0.1, -0.05) is 12.1 Å². The van der Waals surface area contributed by atoms with Gasteiger partial charge in [0.2, 0.25) is 5.88 Å². The highest BCUT2D eigenvalue weighted by Crippen LogP contribution is 2.30. The first-order valence-corrected chi connectivity index (χ1v) is 10.2. The Hall–Kier alpha value is -4.28. The number of carbonyl (C=O) groups excluding carboxylic acids is 1. The number of nitrogens with zero attached hydrogens (tertiary/aromatic N) is 5. The van der Waals surface area contributed by atoms with Gasteiger partial charge in [-0.25, -0.2) is 9.97 Å². The first-order valence-electron chi connectivity index (χ1n) is 10.2. The minimum Gasteiger partial charge on any atom is -0.439 e. The molecule has 0 saturated carbocycles. The quantitative estimate of drug-likeness (QED) is 0.408. The second kappa shape index (κ2) is 9.30. The number of anilines is 1. The van der Waals surface area contributed by atoms with Crippen LogP contribution in [0.2, 0.25) is 0 Å². The Morgan fingerprint density at radius 2 is 1.88 bits per heavy atom. The maximum absolute atomic E-state index is 12.8. The van der Waals surface area contributed by atoms with Crippen LogP contribution in [0, 0.1) is 0 Å². The fourth-order valence-electron chi connectivity index (χ4n) is 3.05. The second-order valence-corrected chi connectivity index (χ2v) is 7.53. The highest BCUT2D eigenvalue weighted by Gasteiger charge is 2.30. The molecule has 0 spiro atoms. The Balaban J connectivity index is 1.48. The summed E-state index contributed by atoms with van der Waals surface area (Å²) >= 11 is 0. The second-order valence-electron chi connectivity index (χ2n) is 7.53. The highest BCUT2D eigenvalue weighted by atomic mass is 19.4. The van der Waals surface area contributed by atoms with E-state index in [2.05, 4.69) is 25.5 Å². The number of nitrogens with one attached hydrogen (secondary N) is 1. The largest absolute Gasteiger partial charge is 0.439 e. The van der Waals surface area contributed by atoms with Crippen LogP contribution in [0.15, 0.2) is 67.1 Å². The van der Waals surface area contributed by atoms with Crippen molar-refractivity contribution in [1.82, 2.24) is 24.7 Å². The van der Waals surface area contributed by atoms with Gasteiger partial charge in [0.25, 0.3) is 5.91 Å². The van der Waals surface area contributed by atoms with Gasteiger partial charge in [-0.2, -0.15) is 13.2 Å². The third-order valence-corrected chi connectivity index (χ3v) is 4.73. The van der Waals surface area contributed by atoms with Gasteiger partial charge < -0.3 is 14.6 Å². The summed E-state index contributed by atoms with van der Waals surface area (Å²) in [7, 11) is 0. The number of amides is 1. The first kappa shape index (κ1) is 22.9. The Labute approximate surface area is 192 Å². The third kappa shape index (κ3) is 5.20. The van der Waals surface area contributed by atoms with E-state index in [1.807, 2.05) is 18.4 Å². The van der Waals surface area contributed by atoms with Gasteiger partial charge in [-0.3, -0.25) is 4.79 Å². The summed E-state index contributed by atoms with van der Waals surface area (Å²) in [5.41, 5.74) is -0.0641. The van der Waals surface area contributed by atoms with Gasteiger partial charge in [-0.05, 0) is 50.2 Å². The van der Waals surface area contributed by atoms with Crippen molar-refractivity contribution >= 4 is 11.7 Å². The van der Waals surface area contributed by atoms with E-state index in [9.17, 15) is 18.0 Å². The van der Waals surface area contributed by atoms with Crippen molar-refractivity contribution in [3.8, 4) is 23.1 Å². The first-order chi connectivity index (χ1) is 16.2. The van der Waals surface area contributed by atoms with E-state index in [4.69, 9.17) is 4.74 Å². The van der Waals surface area contributed by atoms with Crippen LogP contribution in [0.4, 0.5) is 19.0 Å². The maximum atomic E-state index is 12.8. The topological polar surface area (TPSA) is 94.8 Å². The smallest absolute Gasteiger partial charge is 0.417 e. The maximum Gasteiger partial charge on any atom is 0.417 e. The molecule has 1 N–H and O–H groups in total. The summed E-state index contributed by atoms with van der Waals surface area (Å²) < 4.78 is 45.4. The Morgan fingerprint density at radius 1 is 1.09 bits per heavy atom. The summed E-state index contributed by atoms with van der Waals surface area (Å²) in [5.74, 6) is 0.656. The van der Waals surface area contributed by atoms with Crippen molar-refractivity contribution in [2.45, 2.75) is 26.1 Å². The lowest BCUT2D eigenvalue weighted by molar-refractivity contribution is -0.137. The van der Waals surface area contributed by atoms with E-state index in [0.717, 1.165) is 12.1 Å². The summed E-state index contributed by atoms with van der Waals surface area (Å²) in [6, 6.07) is 13.4. The SMILES string of the molecule is CC(C)n1cnnc1-c1cccc(NC(=O)c2cccc(Oc3ccc(C(F)(F)F)cn3)c2)n1. The van der Waals surface area contributed by atoms with Crippen LogP contribution in [-0.4, -0.2) is 30.6 Å². The lowest BCUT2D eigenvalue weighted by Crippen LogP contribution is -2.13. The van der Waals surface area contributed by atoms with Crippen molar-refractivity contribution in [3.05, 3.63) is 78.2 Å². The zero-order valence-corrected chi connectivity index (χ0v) is 18.1. The van der Waals surface area contributed by atoms with Crippen molar-refractivity contribution < 1.29 is 22.7 Å². The predicted molar refractivity (Wildman–Crippen MR) is 117 cm³/mol. The fourth-order valence-corrected chi connectivity index (χ4v) is 3.05. The average Bonchev–Trinajstić information content (AvgIpc) is 3.30. The molecule has 34 heavy (non-hydrogen) atoms. The van der Waals surface area contributed by atoms with Gasteiger partial charge in [0.15, 0.2) is 5.82 Å². The number of ether oxygens (including phenoxy) is 1. The number of pyridine rings is 2. The molecule has 0 unspecified atom stereocenters. The number of hydrogen-bond donors (Lipinski definition) is 1. The lowest BCUT2D eigenvalue weighted by Gasteiger charge is -2.11. The molecule has 0 radical (unpaired) electrons. The zero-order valence-electron chi connectivity index (χ0n) is 18.1. The standard InChI is InChI=1S/C23H19F3N6O2/c1-14(2)32-13-28-31-21(32)18-7-4-8-19(29-18)30-22(33)15-5-3-6-17(11-15)34-20-10-9-16(12-27-20)23(24,25)26/h3-14H,1-2H3,(H,29,30,33). The fraction of sp³-hybridized carbons (Fsp3) is 0.174. The van der Waals surface area contributed by atoms with E-state index in [1.165, 1.54) is 6.07 Å². The van der Waals surface area contributed by atoms with Crippen LogP contribution in [-0.2, 0) is 6.18 Å². The van der Waals surface area contributed by atoms with Gasteiger partial charge in [-0.15, -0.1) is 10.2 Å². The molecule has 0 bridgehead atoms. The number of halogens is 3. The molecule has 0 saturated heterocycles. The van der Waals surface area contributed by atoms with E-state index >= 15 is 0 Å². The molecular weight excluding hydrogens is 449 g/mol. The van der Waals surface area contributed by atoms with Gasteiger partial charge >= 0.3 is 6.18 Å². The minimum absolute atomic E-state index is 0.0332. The molecule has 4 aromatic rings. The van der Waals surface area contributed by atoms with Gasteiger partial charge in [0, 0.05) is 23.9 Å². The van der Waals surface area contributed by atoms with Crippen LogP contribution in [0.1, 0.15) is 35.8 Å². The average molecular weight is 468 g/mol. The van der Waals surface area contributed by atoms with E-state index in [0.29, 0.717) is 23.5 Å². The molecule has 3 aromatic heterocycles. The number of hydrogen-bond acceptors (Lipinski definition) is 6. The van der Waals surface area contributed by atoms with E-state index < -0.39 is 17.6 Å². The monoisotopic (exact) mass is 468 g/mol.